The second-order valence-corrected chi connectivity index (χ2v) is 6.16. The van der Waals surface area contributed by atoms with Gasteiger partial charge in [0.25, 0.3) is 0 Å². The van der Waals surface area contributed by atoms with E-state index in [0.717, 1.165) is 27.7 Å². The summed E-state index contributed by atoms with van der Waals surface area (Å²) in [5.41, 5.74) is 3.98. The van der Waals surface area contributed by atoms with Gasteiger partial charge in [-0.2, -0.15) is 5.26 Å². The predicted molar refractivity (Wildman–Crippen MR) is 94.3 cm³/mol. The first-order chi connectivity index (χ1) is 12.0. The summed E-state index contributed by atoms with van der Waals surface area (Å²) in [5, 5.41) is 9.71. The van der Waals surface area contributed by atoms with Crippen molar-refractivity contribution >= 4 is 16.8 Å². The first-order valence-electron chi connectivity index (χ1n) is 7.97. The molecule has 0 aliphatic carbocycles. The molecule has 0 saturated carbocycles. The van der Waals surface area contributed by atoms with Crippen molar-refractivity contribution < 1.29 is 9.18 Å². The highest BCUT2D eigenvalue weighted by atomic mass is 19.1. The number of rotatable bonds is 4. The number of likely N-dealkylation sites (N-methyl/N-ethyl adjacent to an activating group) is 1. The molecule has 5 heteroatoms. The molecule has 0 saturated heterocycles. The van der Waals surface area contributed by atoms with E-state index in [0.29, 0.717) is 12.1 Å². The fourth-order valence-corrected chi connectivity index (χ4v) is 2.97. The number of hydrogen-bond acceptors (Lipinski definition) is 2. The molecule has 0 atom stereocenters. The Morgan fingerprint density at radius 3 is 2.84 bits per heavy atom. The Balaban J connectivity index is 1.79. The van der Waals surface area contributed by atoms with Gasteiger partial charge in [0.05, 0.1) is 18.1 Å². The zero-order valence-corrected chi connectivity index (χ0v) is 14.1. The van der Waals surface area contributed by atoms with Gasteiger partial charge in [0.1, 0.15) is 5.82 Å². The summed E-state index contributed by atoms with van der Waals surface area (Å²) in [6.45, 7) is 2.31. The van der Waals surface area contributed by atoms with Crippen molar-refractivity contribution in [2.45, 2.75) is 19.9 Å². The standard InChI is InChI=1S/C20H18FN3O/c1-13-17(18-9-16(21)6-7-19(18)23-13)10-20(25)24(2)12-15-5-3-4-14(8-15)11-22/h3-9,23H,10,12H2,1-2H3. The minimum Gasteiger partial charge on any atom is -0.358 e. The third-order valence-corrected chi connectivity index (χ3v) is 4.31. The van der Waals surface area contributed by atoms with Crippen LogP contribution in [0.15, 0.2) is 42.5 Å². The second kappa shape index (κ2) is 6.78. The molecule has 25 heavy (non-hydrogen) atoms. The third kappa shape index (κ3) is 3.53. The van der Waals surface area contributed by atoms with Crippen LogP contribution in [0.2, 0.25) is 0 Å². The molecule has 0 radical (unpaired) electrons. The Labute approximate surface area is 145 Å². The van der Waals surface area contributed by atoms with Crippen molar-refractivity contribution in [2.75, 3.05) is 7.05 Å². The van der Waals surface area contributed by atoms with E-state index in [-0.39, 0.29) is 18.1 Å². The highest BCUT2D eigenvalue weighted by Gasteiger charge is 2.16. The maximum Gasteiger partial charge on any atom is 0.227 e. The van der Waals surface area contributed by atoms with Crippen LogP contribution in [-0.2, 0) is 17.8 Å². The number of amides is 1. The van der Waals surface area contributed by atoms with Crippen LogP contribution in [0, 0.1) is 24.1 Å². The Morgan fingerprint density at radius 2 is 2.08 bits per heavy atom. The van der Waals surface area contributed by atoms with Gasteiger partial charge in [-0.25, -0.2) is 4.39 Å². The van der Waals surface area contributed by atoms with Gasteiger partial charge in [0.2, 0.25) is 5.91 Å². The van der Waals surface area contributed by atoms with Crippen LogP contribution in [0.5, 0.6) is 0 Å². The van der Waals surface area contributed by atoms with Gasteiger partial charge in [-0.3, -0.25) is 4.79 Å². The van der Waals surface area contributed by atoms with Crippen molar-refractivity contribution in [3.8, 4) is 6.07 Å². The summed E-state index contributed by atoms with van der Waals surface area (Å²) in [6.07, 6.45) is 0.198. The van der Waals surface area contributed by atoms with Gasteiger partial charge in [-0.1, -0.05) is 12.1 Å². The van der Waals surface area contributed by atoms with Crippen LogP contribution in [0.3, 0.4) is 0 Å². The van der Waals surface area contributed by atoms with Crippen molar-refractivity contribution in [1.82, 2.24) is 9.88 Å². The Hall–Kier alpha value is -3.13. The molecule has 0 fully saturated rings. The summed E-state index contributed by atoms with van der Waals surface area (Å²) < 4.78 is 13.5. The average molecular weight is 335 g/mol. The van der Waals surface area contributed by atoms with Crippen LogP contribution >= 0.6 is 0 Å². The number of hydrogen-bond donors (Lipinski definition) is 1. The van der Waals surface area contributed by atoms with Gasteiger partial charge in [-0.15, -0.1) is 0 Å². The summed E-state index contributed by atoms with van der Waals surface area (Å²) >= 11 is 0. The van der Waals surface area contributed by atoms with E-state index in [1.807, 2.05) is 13.0 Å². The first-order valence-corrected chi connectivity index (χ1v) is 7.97. The normalized spacial score (nSPS) is 10.6. The summed E-state index contributed by atoms with van der Waals surface area (Å²) in [4.78, 5) is 17.4. The molecular formula is C20H18FN3O. The fourth-order valence-electron chi connectivity index (χ4n) is 2.97. The molecule has 2 aromatic carbocycles. The van der Waals surface area contributed by atoms with Crippen LogP contribution in [-0.4, -0.2) is 22.8 Å². The Morgan fingerprint density at radius 1 is 1.28 bits per heavy atom. The van der Waals surface area contributed by atoms with E-state index in [4.69, 9.17) is 5.26 Å². The fraction of sp³-hybridized carbons (Fsp3) is 0.200. The quantitative estimate of drug-likeness (QED) is 0.790. The van der Waals surface area contributed by atoms with E-state index >= 15 is 0 Å². The van der Waals surface area contributed by atoms with Gasteiger partial charge in [0, 0.05) is 30.2 Å². The number of fused-ring (bicyclic) bond motifs is 1. The maximum atomic E-state index is 13.5. The number of nitrogens with one attached hydrogen (secondary N) is 1. The number of nitriles is 1. The monoisotopic (exact) mass is 335 g/mol. The van der Waals surface area contributed by atoms with E-state index in [9.17, 15) is 9.18 Å². The molecule has 1 N–H and O–H groups in total. The predicted octanol–water partition coefficient (Wildman–Crippen LogP) is 3.69. The minimum atomic E-state index is -0.318. The van der Waals surface area contributed by atoms with Gasteiger partial charge >= 0.3 is 0 Å². The first kappa shape index (κ1) is 16.7. The zero-order chi connectivity index (χ0) is 18.0. The van der Waals surface area contributed by atoms with Crippen molar-refractivity contribution in [3.05, 3.63) is 70.7 Å². The van der Waals surface area contributed by atoms with Crippen molar-refractivity contribution in [1.29, 1.82) is 5.26 Å². The topological polar surface area (TPSA) is 59.9 Å². The van der Waals surface area contributed by atoms with E-state index in [1.54, 1.807) is 36.2 Å². The number of aryl methyl sites for hydroxylation is 1. The van der Waals surface area contributed by atoms with E-state index in [2.05, 4.69) is 11.1 Å². The Kier molecular flexibility index (Phi) is 4.53. The van der Waals surface area contributed by atoms with Crippen LogP contribution < -0.4 is 0 Å². The lowest BCUT2D eigenvalue weighted by atomic mass is 10.1. The number of carbonyl (C=O) groups excluding carboxylic acids is 1. The molecule has 126 valence electrons. The Bertz CT molecular complexity index is 984. The van der Waals surface area contributed by atoms with Gasteiger partial charge in [-0.05, 0) is 48.4 Å². The SMILES string of the molecule is Cc1[nH]c2ccc(F)cc2c1CC(=O)N(C)Cc1cccc(C#N)c1. The molecule has 4 nitrogen and oxygen atoms in total. The number of halogens is 1. The second-order valence-electron chi connectivity index (χ2n) is 6.16. The van der Waals surface area contributed by atoms with Gasteiger partial charge < -0.3 is 9.88 Å². The number of aromatic nitrogens is 1. The highest BCUT2D eigenvalue weighted by Crippen LogP contribution is 2.24. The van der Waals surface area contributed by atoms with Crippen LogP contribution in [0.1, 0.15) is 22.4 Å². The number of nitrogens with zero attached hydrogens (tertiary/aromatic N) is 2. The number of carbonyl (C=O) groups is 1. The lowest BCUT2D eigenvalue weighted by Gasteiger charge is -2.17. The molecule has 1 heterocycles. The molecular weight excluding hydrogens is 317 g/mol. The smallest absolute Gasteiger partial charge is 0.227 e. The lowest BCUT2D eigenvalue weighted by Crippen LogP contribution is -2.27. The third-order valence-electron chi connectivity index (χ3n) is 4.31. The molecule has 1 amide bonds. The summed E-state index contributed by atoms with van der Waals surface area (Å²) in [5.74, 6) is -0.377. The molecule has 0 aliphatic heterocycles. The maximum absolute atomic E-state index is 13.5. The van der Waals surface area contributed by atoms with Crippen molar-refractivity contribution in [3.63, 3.8) is 0 Å². The number of H-pyrrole nitrogens is 1. The molecule has 3 rings (SSSR count). The van der Waals surface area contributed by atoms with Gasteiger partial charge in [0.15, 0.2) is 0 Å². The molecule has 0 spiro atoms. The number of aromatic amines is 1. The molecule has 1 aromatic heterocycles. The summed E-state index contributed by atoms with van der Waals surface area (Å²) in [7, 11) is 1.73. The average Bonchev–Trinajstić information content (AvgIpc) is 2.90. The van der Waals surface area contributed by atoms with E-state index < -0.39 is 0 Å². The molecule has 3 aromatic rings. The van der Waals surface area contributed by atoms with Crippen molar-refractivity contribution in [2.24, 2.45) is 0 Å². The zero-order valence-electron chi connectivity index (χ0n) is 14.1. The highest BCUT2D eigenvalue weighted by molar-refractivity contribution is 5.90. The minimum absolute atomic E-state index is 0.0596. The van der Waals surface area contributed by atoms with E-state index in [1.165, 1.54) is 12.1 Å². The molecule has 0 aliphatic rings. The largest absolute Gasteiger partial charge is 0.358 e. The lowest BCUT2D eigenvalue weighted by molar-refractivity contribution is -0.129. The van der Waals surface area contributed by atoms with Crippen LogP contribution in [0.25, 0.3) is 10.9 Å². The number of benzene rings is 2. The van der Waals surface area contributed by atoms with Crippen LogP contribution in [0.4, 0.5) is 4.39 Å². The molecule has 0 bridgehead atoms. The summed E-state index contributed by atoms with van der Waals surface area (Å²) in [6, 6.07) is 13.8. The molecule has 0 unspecified atom stereocenters.